The van der Waals surface area contributed by atoms with E-state index < -0.39 is 35.4 Å². The predicted molar refractivity (Wildman–Crippen MR) is 98.4 cm³/mol. The molecular formula is C20H29NO5. The van der Waals surface area contributed by atoms with Crippen LogP contribution in [0.5, 0.6) is 0 Å². The molecular weight excluding hydrogens is 334 g/mol. The summed E-state index contributed by atoms with van der Waals surface area (Å²) in [5.74, 6) is -2.20. The van der Waals surface area contributed by atoms with Gasteiger partial charge in [-0.05, 0) is 39.2 Å². The molecule has 0 saturated heterocycles. The van der Waals surface area contributed by atoms with E-state index in [1.54, 1.807) is 34.6 Å². The lowest BCUT2D eigenvalue weighted by Gasteiger charge is -2.24. The van der Waals surface area contributed by atoms with Gasteiger partial charge in [-0.15, -0.1) is 0 Å². The average molecular weight is 363 g/mol. The number of carbonyl (C=O) groups excluding carboxylic acids is 3. The summed E-state index contributed by atoms with van der Waals surface area (Å²) >= 11 is 0. The number of rotatable bonds is 7. The van der Waals surface area contributed by atoms with Crippen LogP contribution in [-0.2, 0) is 25.7 Å². The van der Waals surface area contributed by atoms with Gasteiger partial charge in [-0.2, -0.15) is 0 Å². The van der Waals surface area contributed by atoms with Gasteiger partial charge < -0.3 is 14.8 Å². The van der Waals surface area contributed by atoms with Gasteiger partial charge in [0.2, 0.25) is 0 Å². The van der Waals surface area contributed by atoms with Crippen LogP contribution in [0.25, 0.3) is 0 Å². The van der Waals surface area contributed by atoms with Crippen molar-refractivity contribution in [3.8, 4) is 0 Å². The molecule has 144 valence electrons. The number of ketones is 1. The standard InChI is InChI=1S/C20H29NO5/c1-13(2)16(18(23)25-12-15-10-8-7-9-11-15)17(22)14(3)21-19(24)26-20(4,5)6/h7-11,13-14,16H,12H2,1-6H3,(H,21,24)/t14-,16?/m0/s1. The van der Waals surface area contributed by atoms with Crippen molar-refractivity contribution in [3.05, 3.63) is 35.9 Å². The largest absolute Gasteiger partial charge is 0.460 e. The fourth-order valence-corrected chi connectivity index (χ4v) is 2.36. The Hall–Kier alpha value is -2.37. The molecule has 0 aromatic heterocycles. The van der Waals surface area contributed by atoms with E-state index in [2.05, 4.69) is 5.32 Å². The first-order chi connectivity index (χ1) is 12.0. The summed E-state index contributed by atoms with van der Waals surface area (Å²) in [5.41, 5.74) is 0.176. The van der Waals surface area contributed by atoms with Gasteiger partial charge in [-0.25, -0.2) is 4.79 Å². The second kappa shape index (κ2) is 9.36. The van der Waals surface area contributed by atoms with Crippen molar-refractivity contribution in [2.75, 3.05) is 0 Å². The average Bonchev–Trinajstić information content (AvgIpc) is 2.51. The van der Waals surface area contributed by atoms with Crippen LogP contribution in [0.15, 0.2) is 30.3 Å². The van der Waals surface area contributed by atoms with E-state index in [9.17, 15) is 14.4 Å². The molecule has 0 saturated carbocycles. The Morgan fingerprint density at radius 1 is 1.04 bits per heavy atom. The number of ether oxygens (including phenoxy) is 2. The second-order valence-electron chi connectivity index (χ2n) is 7.59. The third-order valence-electron chi connectivity index (χ3n) is 3.61. The SMILES string of the molecule is CC(C)C(C(=O)OCc1ccccc1)C(=O)[C@H](C)NC(=O)OC(C)(C)C. The van der Waals surface area contributed by atoms with E-state index in [0.29, 0.717) is 0 Å². The molecule has 1 aromatic carbocycles. The van der Waals surface area contributed by atoms with Crippen molar-refractivity contribution in [1.82, 2.24) is 5.32 Å². The maximum atomic E-state index is 12.7. The van der Waals surface area contributed by atoms with Crippen LogP contribution in [0.1, 0.15) is 47.1 Å². The Labute approximate surface area is 155 Å². The molecule has 0 spiro atoms. The number of nitrogens with one attached hydrogen (secondary N) is 1. The molecule has 0 bridgehead atoms. The quantitative estimate of drug-likeness (QED) is 0.592. The maximum Gasteiger partial charge on any atom is 0.408 e. The normalized spacial score (nSPS) is 13.7. The molecule has 1 unspecified atom stereocenters. The highest BCUT2D eigenvalue weighted by molar-refractivity contribution is 6.02. The fraction of sp³-hybridized carbons (Fsp3) is 0.550. The summed E-state index contributed by atoms with van der Waals surface area (Å²) < 4.78 is 10.5. The molecule has 26 heavy (non-hydrogen) atoms. The summed E-state index contributed by atoms with van der Waals surface area (Å²) in [5, 5.41) is 2.48. The minimum absolute atomic E-state index is 0.101. The number of carbonyl (C=O) groups is 3. The van der Waals surface area contributed by atoms with Crippen LogP contribution >= 0.6 is 0 Å². The van der Waals surface area contributed by atoms with Gasteiger partial charge >= 0.3 is 12.1 Å². The van der Waals surface area contributed by atoms with Gasteiger partial charge in [-0.3, -0.25) is 9.59 Å². The van der Waals surface area contributed by atoms with Crippen molar-refractivity contribution in [2.24, 2.45) is 11.8 Å². The van der Waals surface area contributed by atoms with E-state index in [-0.39, 0.29) is 12.5 Å². The van der Waals surface area contributed by atoms with E-state index in [1.807, 2.05) is 30.3 Å². The molecule has 0 radical (unpaired) electrons. The van der Waals surface area contributed by atoms with Crippen molar-refractivity contribution in [3.63, 3.8) is 0 Å². The van der Waals surface area contributed by atoms with Gasteiger partial charge in [0.05, 0.1) is 6.04 Å². The topological polar surface area (TPSA) is 81.7 Å². The summed E-state index contributed by atoms with van der Waals surface area (Å²) in [6.07, 6.45) is -0.696. The van der Waals surface area contributed by atoms with Gasteiger partial charge in [0.25, 0.3) is 0 Å². The zero-order chi connectivity index (χ0) is 19.9. The highest BCUT2D eigenvalue weighted by atomic mass is 16.6. The fourth-order valence-electron chi connectivity index (χ4n) is 2.36. The van der Waals surface area contributed by atoms with Gasteiger partial charge in [0, 0.05) is 0 Å². The molecule has 0 aliphatic carbocycles. The molecule has 6 nitrogen and oxygen atoms in total. The van der Waals surface area contributed by atoms with E-state index in [0.717, 1.165) is 5.56 Å². The molecule has 1 amide bonds. The molecule has 0 heterocycles. The summed E-state index contributed by atoms with van der Waals surface area (Å²) in [7, 11) is 0. The number of Topliss-reactive ketones (excluding diaryl/α,β-unsaturated/α-hetero) is 1. The Balaban J connectivity index is 2.70. The lowest BCUT2D eigenvalue weighted by Crippen LogP contribution is -2.46. The predicted octanol–water partition coefficient (Wildman–Crippen LogP) is 3.48. The third kappa shape index (κ3) is 7.25. The first-order valence-electron chi connectivity index (χ1n) is 8.75. The lowest BCUT2D eigenvalue weighted by atomic mass is 9.88. The van der Waals surface area contributed by atoms with Crippen molar-refractivity contribution in [2.45, 2.75) is 59.8 Å². The van der Waals surface area contributed by atoms with Crippen LogP contribution in [0, 0.1) is 11.8 Å². The third-order valence-corrected chi connectivity index (χ3v) is 3.61. The van der Waals surface area contributed by atoms with E-state index in [1.165, 1.54) is 6.92 Å². The summed E-state index contributed by atoms with van der Waals surface area (Å²) in [6.45, 7) is 10.4. The number of esters is 1. The summed E-state index contributed by atoms with van der Waals surface area (Å²) in [4.78, 5) is 36.9. The van der Waals surface area contributed by atoms with E-state index >= 15 is 0 Å². The van der Waals surface area contributed by atoms with Crippen LogP contribution in [0.3, 0.4) is 0 Å². The maximum absolute atomic E-state index is 12.7. The highest BCUT2D eigenvalue weighted by Gasteiger charge is 2.35. The molecule has 6 heteroatoms. The second-order valence-corrected chi connectivity index (χ2v) is 7.59. The lowest BCUT2D eigenvalue weighted by molar-refractivity contribution is -0.155. The minimum Gasteiger partial charge on any atom is -0.460 e. The Morgan fingerprint density at radius 3 is 2.12 bits per heavy atom. The first-order valence-corrected chi connectivity index (χ1v) is 8.75. The Kier molecular flexibility index (Phi) is 7.80. The molecule has 1 rings (SSSR count). The smallest absolute Gasteiger partial charge is 0.408 e. The van der Waals surface area contributed by atoms with Gasteiger partial charge in [0.15, 0.2) is 5.78 Å². The molecule has 0 aliphatic rings. The molecule has 0 fully saturated rings. The van der Waals surface area contributed by atoms with Gasteiger partial charge in [-0.1, -0.05) is 44.2 Å². The monoisotopic (exact) mass is 363 g/mol. The number of benzene rings is 1. The Bertz CT molecular complexity index is 619. The van der Waals surface area contributed by atoms with Crippen LogP contribution in [0.4, 0.5) is 4.79 Å². The van der Waals surface area contributed by atoms with Crippen LogP contribution in [-0.4, -0.2) is 29.5 Å². The number of hydrogen-bond donors (Lipinski definition) is 1. The number of amides is 1. The van der Waals surface area contributed by atoms with Crippen LogP contribution < -0.4 is 5.32 Å². The van der Waals surface area contributed by atoms with Gasteiger partial charge in [0.1, 0.15) is 18.1 Å². The zero-order valence-corrected chi connectivity index (χ0v) is 16.4. The highest BCUT2D eigenvalue weighted by Crippen LogP contribution is 2.18. The van der Waals surface area contributed by atoms with Crippen LogP contribution in [0.2, 0.25) is 0 Å². The molecule has 0 aliphatic heterocycles. The van der Waals surface area contributed by atoms with E-state index in [4.69, 9.17) is 9.47 Å². The summed E-state index contributed by atoms with van der Waals surface area (Å²) in [6, 6.07) is 8.39. The first kappa shape index (κ1) is 21.7. The zero-order valence-electron chi connectivity index (χ0n) is 16.4. The molecule has 1 aromatic rings. The van der Waals surface area contributed by atoms with Crippen molar-refractivity contribution in [1.29, 1.82) is 0 Å². The van der Waals surface area contributed by atoms with Crippen molar-refractivity contribution < 1.29 is 23.9 Å². The van der Waals surface area contributed by atoms with Crippen molar-refractivity contribution >= 4 is 17.8 Å². The number of hydrogen-bond acceptors (Lipinski definition) is 5. The Morgan fingerprint density at radius 2 is 1.62 bits per heavy atom. The number of alkyl carbamates (subject to hydrolysis) is 1. The molecule has 2 atom stereocenters. The minimum atomic E-state index is -0.955. The molecule has 1 N–H and O–H groups in total.